The van der Waals surface area contributed by atoms with Crippen LogP contribution < -0.4 is 10.6 Å². The second-order valence-corrected chi connectivity index (χ2v) is 5.72. The van der Waals surface area contributed by atoms with Gasteiger partial charge in [0.1, 0.15) is 0 Å². The van der Waals surface area contributed by atoms with E-state index < -0.39 is 0 Å². The Bertz CT molecular complexity index is 429. The van der Waals surface area contributed by atoms with Crippen molar-refractivity contribution in [2.75, 3.05) is 33.4 Å². The summed E-state index contributed by atoms with van der Waals surface area (Å²) < 4.78 is 7.63. The zero-order valence-corrected chi connectivity index (χ0v) is 16.0. The van der Waals surface area contributed by atoms with Crippen molar-refractivity contribution in [1.82, 2.24) is 15.2 Å². The molecule has 0 aromatic carbocycles. The Morgan fingerprint density at radius 3 is 2.59 bits per heavy atom. The van der Waals surface area contributed by atoms with Crippen LogP contribution in [0.5, 0.6) is 0 Å². The Hall–Kier alpha value is -0.760. The van der Waals surface area contributed by atoms with E-state index in [1.165, 1.54) is 12.8 Å². The lowest BCUT2D eigenvalue weighted by atomic mass is 10.0. The Balaban J connectivity index is 0.00000242. The number of aromatic nitrogens is 1. The molecule has 1 fully saturated rings. The zero-order chi connectivity index (χ0) is 15.0. The molecule has 0 unspecified atom stereocenters. The van der Waals surface area contributed by atoms with Crippen LogP contribution in [-0.4, -0.2) is 43.9 Å². The molecule has 0 saturated heterocycles. The van der Waals surface area contributed by atoms with Gasteiger partial charge in [0.15, 0.2) is 5.96 Å². The fourth-order valence-electron chi connectivity index (χ4n) is 2.44. The normalized spacial score (nSPS) is 16.0. The van der Waals surface area contributed by atoms with Crippen molar-refractivity contribution in [2.24, 2.45) is 10.4 Å². The van der Waals surface area contributed by atoms with Crippen molar-refractivity contribution in [3.05, 3.63) is 24.5 Å². The number of ether oxygens (including phenoxy) is 1. The Morgan fingerprint density at radius 2 is 2.00 bits per heavy atom. The van der Waals surface area contributed by atoms with E-state index in [1.807, 2.05) is 26.1 Å². The van der Waals surface area contributed by atoms with Gasteiger partial charge in [0.05, 0.1) is 0 Å². The fraction of sp³-hybridized carbons (Fsp3) is 0.688. The zero-order valence-electron chi connectivity index (χ0n) is 13.7. The lowest BCUT2D eigenvalue weighted by Crippen LogP contribution is -2.41. The molecule has 1 heterocycles. The van der Waals surface area contributed by atoms with E-state index in [4.69, 9.17) is 4.74 Å². The van der Waals surface area contributed by atoms with E-state index in [-0.39, 0.29) is 24.0 Å². The van der Waals surface area contributed by atoms with Gasteiger partial charge in [-0.15, -0.1) is 24.0 Å². The monoisotopic (exact) mass is 420 g/mol. The van der Waals surface area contributed by atoms with Gasteiger partial charge in [-0.25, -0.2) is 0 Å². The van der Waals surface area contributed by atoms with Gasteiger partial charge in [0.2, 0.25) is 0 Å². The molecule has 0 aliphatic heterocycles. The average Bonchev–Trinajstić information content (AvgIpc) is 3.07. The van der Waals surface area contributed by atoms with Crippen molar-refractivity contribution >= 4 is 29.9 Å². The van der Waals surface area contributed by atoms with Crippen LogP contribution in [0.25, 0.3) is 0 Å². The maximum absolute atomic E-state index is 5.47. The fourth-order valence-corrected chi connectivity index (χ4v) is 2.44. The first-order valence-corrected chi connectivity index (χ1v) is 7.91. The molecule has 1 aliphatic carbocycles. The largest absolute Gasteiger partial charge is 0.382 e. The Morgan fingerprint density at radius 1 is 1.27 bits per heavy atom. The first kappa shape index (κ1) is 19.3. The van der Waals surface area contributed by atoms with E-state index in [1.54, 1.807) is 0 Å². The summed E-state index contributed by atoms with van der Waals surface area (Å²) in [5, 5.41) is 6.82. The molecule has 2 N–H and O–H groups in total. The number of nitrogens with one attached hydrogen (secondary N) is 2. The van der Waals surface area contributed by atoms with Gasteiger partial charge in [-0.3, -0.25) is 4.99 Å². The van der Waals surface area contributed by atoms with E-state index in [2.05, 4.69) is 32.6 Å². The number of nitrogens with zero attached hydrogens (tertiary/aromatic N) is 2. The number of hydrogen-bond donors (Lipinski definition) is 2. The van der Waals surface area contributed by atoms with Crippen LogP contribution in [0, 0.1) is 5.41 Å². The first-order valence-electron chi connectivity index (χ1n) is 7.91. The summed E-state index contributed by atoms with van der Waals surface area (Å²) in [6, 6.07) is 4.09. The molecule has 2 rings (SSSR count). The van der Waals surface area contributed by atoms with Crippen LogP contribution in [-0.2, 0) is 11.3 Å². The Labute approximate surface area is 150 Å². The summed E-state index contributed by atoms with van der Waals surface area (Å²) in [5.41, 5.74) is 0.438. The minimum Gasteiger partial charge on any atom is -0.382 e. The maximum atomic E-state index is 5.47. The SMILES string of the molecule is CCOCCC1(CNC(=NC)NCCn2cccc2)CC1.I. The summed E-state index contributed by atoms with van der Waals surface area (Å²) in [6.45, 7) is 6.55. The smallest absolute Gasteiger partial charge is 0.191 e. The van der Waals surface area contributed by atoms with Crippen LogP contribution >= 0.6 is 24.0 Å². The molecule has 0 radical (unpaired) electrons. The molecule has 1 aromatic heterocycles. The molecule has 5 nitrogen and oxygen atoms in total. The standard InChI is InChI=1S/C16H28N4O.HI/c1-3-21-13-8-16(6-7-16)14-19-15(17-2)18-9-12-20-10-4-5-11-20;/h4-5,10-11H,3,6-9,12-14H2,1-2H3,(H2,17,18,19);1H. The molecule has 126 valence electrons. The van der Waals surface area contributed by atoms with Gasteiger partial charge in [-0.05, 0) is 43.7 Å². The van der Waals surface area contributed by atoms with E-state index in [0.29, 0.717) is 5.41 Å². The van der Waals surface area contributed by atoms with Crippen molar-refractivity contribution < 1.29 is 4.74 Å². The quantitative estimate of drug-likeness (QED) is 0.279. The van der Waals surface area contributed by atoms with Crippen LogP contribution in [0.4, 0.5) is 0 Å². The van der Waals surface area contributed by atoms with Gasteiger partial charge in [0.25, 0.3) is 0 Å². The average molecular weight is 420 g/mol. The molecule has 1 saturated carbocycles. The number of aliphatic imine (C=N–C) groups is 1. The van der Waals surface area contributed by atoms with Crippen molar-refractivity contribution in [3.63, 3.8) is 0 Å². The minimum absolute atomic E-state index is 0. The summed E-state index contributed by atoms with van der Waals surface area (Å²) in [6.07, 6.45) is 7.89. The van der Waals surface area contributed by atoms with E-state index >= 15 is 0 Å². The Kier molecular flexibility index (Phi) is 8.85. The third-order valence-corrected chi connectivity index (χ3v) is 4.12. The molecule has 22 heavy (non-hydrogen) atoms. The van der Waals surface area contributed by atoms with Crippen molar-refractivity contribution in [1.29, 1.82) is 0 Å². The molecule has 1 aromatic rings. The molecular formula is C16H29IN4O. The highest BCUT2D eigenvalue weighted by Gasteiger charge is 2.41. The second-order valence-electron chi connectivity index (χ2n) is 5.72. The van der Waals surface area contributed by atoms with Crippen LogP contribution in [0.3, 0.4) is 0 Å². The summed E-state index contributed by atoms with van der Waals surface area (Å²) in [5.74, 6) is 0.893. The van der Waals surface area contributed by atoms with Gasteiger partial charge in [-0.2, -0.15) is 0 Å². The first-order chi connectivity index (χ1) is 10.3. The highest BCUT2D eigenvalue weighted by atomic mass is 127. The highest BCUT2D eigenvalue weighted by molar-refractivity contribution is 14.0. The van der Waals surface area contributed by atoms with Crippen LogP contribution in [0.2, 0.25) is 0 Å². The molecule has 0 atom stereocenters. The number of hydrogen-bond acceptors (Lipinski definition) is 2. The third-order valence-electron chi connectivity index (χ3n) is 4.12. The lowest BCUT2D eigenvalue weighted by molar-refractivity contribution is 0.128. The van der Waals surface area contributed by atoms with Crippen LogP contribution in [0.15, 0.2) is 29.5 Å². The number of halogens is 1. The molecule has 1 aliphatic rings. The lowest BCUT2D eigenvalue weighted by Gasteiger charge is -2.18. The van der Waals surface area contributed by atoms with Crippen molar-refractivity contribution in [3.8, 4) is 0 Å². The minimum atomic E-state index is 0. The summed E-state index contributed by atoms with van der Waals surface area (Å²) in [7, 11) is 1.82. The van der Waals surface area contributed by atoms with Gasteiger partial charge in [0, 0.05) is 52.3 Å². The maximum Gasteiger partial charge on any atom is 0.191 e. The van der Waals surface area contributed by atoms with Gasteiger partial charge in [-0.1, -0.05) is 0 Å². The number of guanidine groups is 1. The van der Waals surface area contributed by atoms with E-state index in [0.717, 1.165) is 45.2 Å². The molecule has 0 spiro atoms. The molecule has 6 heteroatoms. The molecule has 0 bridgehead atoms. The second kappa shape index (κ2) is 10.1. The third kappa shape index (κ3) is 6.56. The number of rotatable bonds is 9. The van der Waals surface area contributed by atoms with Crippen LogP contribution in [0.1, 0.15) is 26.2 Å². The predicted octanol–water partition coefficient (Wildman–Crippen LogP) is 2.48. The van der Waals surface area contributed by atoms with E-state index in [9.17, 15) is 0 Å². The van der Waals surface area contributed by atoms with Gasteiger partial charge >= 0.3 is 0 Å². The highest BCUT2D eigenvalue weighted by Crippen LogP contribution is 2.48. The van der Waals surface area contributed by atoms with Gasteiger partial charge < -0.3 is 19.9 Å². The summed E-state index contributed by atoms with van der Waals surface area (Å²) >= 11 is 0. The summed E-state index contributed by atoms with van der Waals surface area (Å²) in [4.78, 5) is 4.29. The predicted molar refractivity (Wildman–Crippen MR) is 102 cm³/mol. The topological polar surface area (TPSA) is 50.6 Å². The van der Waals surface area contributed by atoms with Crippen molar-refractivity contribution in [2.45, 2.75) is 32.7 Å². The molecule has 0 amide bonds. The molecular weight excluding hydrogens is 391 g/mol.